The smallest absolute Gasteiger partial charge is 0.337 e. The number of aryl methyl sites for hydroxylation is 1. The molecule has 0 aliphatic carbocycles. The van der Waals surface area contributed by atoms with Crippen molar-refractivity contribution in [3.63, 3.8) is 0 Å². The molecule has 0 aromatic heterocycles. The van der Waals surface area contributed by atoms with Gasteiger partial charge in [-0.3, -0.25) is 0 Å². The van der Waals surface area contributed by atoms with Crippen LogP contribution in [0.4, 0.5) is 5.69 Å². The molecule has 1 aliphatic heterocycles. The predicted octanol–water partition coefficient (Wildman–Crippen LogP) is 1.69. The van der Waals surface area contributed by atoms with E-state index in [1.54, 1.807) is 13.0 Å². The molecule has 1 aliphatic rings. The molecule has 1 unspecified atom stereocenters. The van der Waals surface area contributed by atoms with Crippen LogP contribution in [0.3, 0.4) is 0 Å². The van der Waals surface area contributed by atoms with Gasteiger partial charge in [0, 0.05) is 18.2 Å². The number of ether oxygens (including phenoxy) is 2. The number of rotatable bonds is 4. The summed E-state index contributed by atoms with van der Waals surface area (Å²) in [6.07, 6.45) is 0.986. The van der Waals surface area contributed by atoms with Crippen molar-refractivity contribution in [2.75, 3.05) is 25.6 Å². The lowest BCUT2D eigenvalue weighted by atomic mass is 10.1. The van der Waals surface area contributed by atoms with Gasteiger partial charge in [-0.05, 0) is 31.0 Å². The minimum Gasteiger partial charge on any atom is -0.493 e. The standard InChI is InChI=1S/C13H17NO4/c1-8-4-10(5-11(12(8)14)13(15)16)18-7-9-2-3-17-6-9/h4-5,9H,2-3,6-7,14H2,1H3,(H,15,16). The molecular formula is C13H17NO4. The molecule has 0 saturated carbocycles. The number of carboxylic acid groups (broad SMARTS) is 1. The summed E-state index contributed by atoms with van der Waals surface area (Å²) >= 11 is 0. The molecule has 5 heteroatoms. The molecule has 98 valence electrons. The molecule has 1 fully saturated rings. The maximum absolute atomic E-state index is 11.0. The van der Waals surface area contributed by atoms with E-state index in [4.69, 9.17) is 20.3 Å². The van der Waals surface area contributed by atoms with E-state index in [0.29, 0.717) is 36.1 Å². The first-order valence-electron chi connectivity index (χ1n) is 5.92. The Balaban J connectivity index is 2.10. The van der Waals surface area contributed by atoms with E-state index in [9.17, 15) is 4.79 Å². The van der Waals surface area contributed by atoms with Crippen LogP contribution in [0.2, 0.25) is 0 Å². The molecule has 2 rings (SSSR count). The molecule has 0 bridgehead atoms. The fourth-order valence-corrected chi connectivity index (χ4v) is 1.95. The van der Waals surface area contributed by atoms with Crippen LogP contribution in [0.1, 0.15) is 22.3 Å². The molecule has 1 atom stereocenters. The van der Waals surface area contributed by atoms with Gasteiger partial charge in [-0.2, -0.15) is 0 Å². The second-order valence-electron chi connectivity index (χ2n) is 4.55. The van der Waals surface area contributed by atoms with E-state index in [0.717, 1.165) is 13.0 Å². The lowest BCUT2D eigenvalue weighted by Gasteiger charge is -2.13. The second kappa shape index (κ2) is 5.27. The monoisotopic (exact) mass is 251 g/mol. The number of carbonyl (C=O) groups is 1. The van der Waals surface area contributed by atoms with Gasteiger partial charge in [-0.15, -0.1) is 0 Å². The Morgan fingerprint density at radius 1 is 1.61 bits per heavy atom. The van der Waals surface area contributed by atoms with Crippen molar-refractivity contribution in [1.82, 2.24) is 0 Å². The van der Waals surface area contributed by atoms with Gasteiger partial charge in [-0.25, -0.2) is 4.79 Å². The summed E-state index contributed by atoms with van der Waals surface area (Å²) in [6.45, 7) is 3.80. The third-order valence-electron chi connectivity index (χ3n) is 3.10. The van der Waals surface area contributed by atoms with Crippen molar-refractivity contribution in [1.29, 1.82) is 0 Å². The maximum Gasteiger partial charge on any atom is 0.337 e. The molecule has 3 N–H and O–H groups in total. The zero-order valence-electron chi connectivity index (χ0n) is 10.3. The average molecular weight is 251 g/mol. The zero-order valence-corrected chi connectivity index (χ0v) is 10.3. The number of hydrogen-bond acceptors (Lipinski definition) is 4. The van der Waals surface area contributed by atoms with Crippen LogP contribution < -0.4 is 10.5 Å². The average Bonchev–Trinajstić information content (AvgIpc) is 2.83. The van der Waals surface area contributed by atoms with Crippen LogP contribution in [-0.4, -0.2) is 30.9 Å². The topological polar surface area (TPSA) is 81.8 Å². The number of aromatic carboxylic acids is 1. The van der Waals surface area contributed by atoms with Gasteiger partial charge in [0.25, 0.3) is 0 Å². The van der Waals surface area contributed by atoms with E-state index >= 15 is 0 Å². The van der Waals surface area contributed by atoms with Gasteiger partial charge in [0.2, 0.25) is 0 Å². The van der Waals surface area contributed by atoms with Crippen LogP contribution in [-0.2, 0) is 4.74 Å². The normalized spacial score (nSPS) is 18.8. The lowest BCUT2D eigenvalue weighted by molar-refractivity contribution is 0.0697. The summed E-state index contributed by atoms with van der Waals surface area (Å²) in [7, 11) is 0. The second-order valence-corrected chi connectivity index (χ2v) is 4.55. The quantitative estimate of drug-likeness (QED) is 0.796. The molecule has 1 heterocycles. The third-order valence-corrected chi connectivity index (χ3v) is 3.10. The molecule has 18 heavy (non-hydrogen) atoms. The van der Waals surface area contributed by atoms with Gasteiger partial charge in [0.1, 0.15) is 5.75 Å². The van der Waals surface area contributed by atoms with Crippen molar-refractivity contribution >= 4 is 11.7 Å². The largest absolute Gasteiger partial charge is 0.493 e. The lowest BCUT2D eigenvalue weighted by Crippen LogP contribution is -2.12. The highest BCUT2D eigenvalue weighted by molar-refractivity contribution is 5.95. The highest BCUT2D eigenvalue weighted by atomic mass is 16.5. The first-order chi connectivity index (χ1) is 8.58. The molecule has 1 saturated heterocycles. The fraction of sp³-hybridized carbons (Fsp3) is 0.462. The Labute approximate surface area is 106 Å². The van der Waals surface area contributed by atoms with Crippen LogP contribution in [0, 0.1) is 12.8 Å². The van der Waals surface area contributed by atoms with Gasteiger partial charge in [0.15, 0.2) is 0 Å². The van der Waals surface area contributed by atoms with Crippen LogP contribution >= 0.6 is 0 Å². The van der Waals surface area contributed by atoms with Crippen molar-refractivity contribution in [2.24, 2.45) is 5.92 Å². The molecule has 0 spiro atoms. The molecule has 1 aromatic rings. The summed E-state index contributed by atoms with van der Waals surface area (Å²) in [5.74, 6) is -0.104. The number of hydrogen-bond donors (Lipinski definition) is 2. The first-order valence-corrected chi connectivity index (χ1v) is 5.92. The Hall–Kier alpha value is -1.75. The Kier molecular flexibility index (Phi) is 3.72. The third kappa shape index (κ3) is 2.73. The van der Waals surface area contributed by atoms with Crippen LogP contribution in [0.25, 0.3) is 0 Å². The fourth-order valence-electron chi connectivity index (χ4n) is 1.95. The highest BCUT2D eigenvalue weighted by Gasteiger charge is 2.17. The number of nitrogen functional groups attached to an aromatic ring is 1. The van der Waals surface area contributed by atoms with Crippen molar-refractivity contribution in [3.8, 4) is 5.75 Å². The Bertz CT molecular complexity index is 453. The summed E-state index contributed by atoms with van der Waals surface area (Å²) < 4.78 is 10.9. The molecular weight excluding hydrogens is 234 g/mol. The summed E-state index contributed by atoms with van der Waals surface area (Å²) in [6, 6.07) is 3.23. The summed E-state index contributed by atoms with van der Waals surface area (Å²) in [5, 5.41) is 9.04. The Morgan fingerprint density at radius 3 is 3.00 bits per heavy atom. The minimum atomic E-state index is -1.04. The van der Waals surface area contributed by atoms with E-state index in [-0.39, 0.29) is 5.56 Å². The molecule has 0 amide bonds. The van der Waals surface area contributed by atoms with Crippen molar-refractivity contribution in [2.45, 2.75) is 13.3 Å². The number of carboxylic acids is 1. The van der Waals surface area contributed by atoms with E-state index in [1.807, 2.05) is 0 Å². The first kappa shape index (κ1) is 12.7. The summed E-state index contributed by atoms with van der Waals surface area (Å²) in [5.41, 5.74) is 6.81. The predicted molar refractivity (Wildman–Crippen MR) is 67.0 cm³/mol. The van der Waals surface area contributed by atoms with Gasteiger partial charge < -0.3 is 20.3 Å². The Morgan fingerprint density at radius 2 is 2.39 bits per heavy atom. The highest BCUT2D eigenvalue weighted by Crippen LogP contribution is 2.25. The van der Waals surface area contributed by atoms with E-state index in [2.05, 4.69) is 0 Å². The number of anilines is 1. The number of benzene rings is 1. The van der Waals surface area contributed by atoms with Crippen molar-refractivity contribution in [3.05, 3.63) is 23.3 Å². The minimum absolute atomic E-state index is 0.0904. The number of nitrogens with two attached hydrogens (primary N) is 1. The van der Waals surface area contributed by atoms with E-state index in [1.165, 1.54) is 6.07 Å². The molecule has 1 aromatic carbocycles. The van der Waals surface area contributed by atoms with Crippen LogP contribution in [0.5, 0.6) is 5.75 Å². The molecule has 5 nitrogen and oxygen atoms in total. The van der Waals surface area contributed by atoms with Gasteiger partial charge in [-0.1, -0.05) is 0 Å². The zero-order chi connectivity index (χ0) is 13.1. The summed E-state index contributed by atoms with van der Waals surface area (Å²) in [4.78, 5) is 11.0. The van der Waals surface area contributed by atoms with Crippen molar-refractivity contribution < 1.29 is 19.4 Å². The SMILES string of the molecule is Cc1cc(OCC2CCOC2)cc(C(=O)O)c1N. The van der Waals surface area contributed by atoms with Gasteiger partial charge >= 0.3 is 5.97 Å². The van der Waals surface area contributed by atoms with E-state index < -0.39 is 5.97 Å². The van der Waals surface area contributed by atoms with Gasteiger partial charge in [0.05, 0.1) is 18.8 Å². The molecule has 0 radical (unpaired) electrons. The maximum atomic E-state index is 11.0. The van der Waals surface area contributed by atoms with Crippen LogP contribution in [0.15, 0.2) is 12.1 Å².